The van der Waals surface area contributed by atoms with E-state index in [-0.39, 0.29) is 17.9 Å². The highest BCUT2D eigenvalue weighted by molar-refractivity contribution is 5.80. The van der Waals surface area contributed by atoms with Gasteiger partial charge >= 0.3 is 0 Å². The number of hydrogen-bond acceptors (Lipinski definition) is 4. The smallest absolute Gasteiger partial charge is 0.230 e. The van der Waals surface area contributed by atoms with Crippen LogP contribution >= 0.6 is 0 Å². The monoisotopic (exact) mass is 292 g/mol. The number of amides is 1. The van der Waals surface area contributed by atoms with Crippen LogP contribution in [0.5, 0.6) is 0 Å². The Hall–Kier alpha value is -1.33. The summed E-state index contributed by atoms with van der Waals surface area (Å²) < 4.78 is 11.2. The number of ether oxygens (including phenoxy) is 1. The second-order valence-corrected chi connectivity index (χ2v) is 6.02. The molecule has 2 fully saturated rings. The van der Waals surface area contributed by atoms with Gasteiger partial charge in [-0.2, -0.15) is 0 Å². The zero-order valence-electron chi connectivity index (χ0n) is 12.8. The molecule has 2 atom stereocenters. The molecule has 0 bridgehead atoms. The number of carbonyl (C=O) groups excluding carboxylic acids is 1. The van der Waals surface area contributed by atoms with Gasteiger partial charge < -0.3 is 19.4 Å². The zero-order valence-corrected chi connectivity index (χ0v) is 12.8. The average Bonchev–Trinajstić information content (AvgIpc) is 3.06. The van der Waals surface area contributed by atoms with E-state index in [0.717, 1.165) is 30.9 Å². The Bertz CT molecular complexity index is 495. The second-order valence-electron chi connectivity index (χ2n) is 6.02. The highest BCUT2D eigenvalue weighted by Gasteiger charge is 2.41. The highest BCUT2D eigenvalue weighted by atomic mass is 16.5. The van der Waals surface area contributed by atoms with Gasteiger partial charge in [0.1, 0.15) is 11.5 Å². The Kier molecular flexibility index (Phi) is 4.31. The second kappa shape index (κ2) is 6.20. The maximum Gasteiger partial charge on any atom is 0.230 e. The molecule has 2 unspecified atom stereocenters. The van der Waals surface area contributed by atoms with Gasteiger partial charge in [0.05, 0.1) is 25.7 Å². The average molecular weight is 292 g/mol. The van der Waals surface area contributed by atoms with Crippen molar-refractivity contribution >= 4 is 5.91 Å². The van der Waals surface area contributed by atoms with E-state index in [2.05, 4.69) is 12.2 Å². The molecule has 3 rings (SSSR count). The lowest BCUT2D eigenvalue weighted by molar-refractivity contribution is -0.137. The summed E-state index contributed by atoms with van der Waals surface area (Å²) in [7, 11) is 0. The van der Waals surface area contributed by atoms with Crippen LogP contribution in [0, 0.1) is 12.8 Å². The third-order valence-corrected chi connectivity index (χ3v) is 4.26. The molecule has 1 saturated heterocycles. The Morgan fingerprint density at radius 3 is 2.81 bits per heavy atom. The normalized spacial score (nSPS) is 25.2. The molecule has 2 aliphatic rings. The third kappa shape index (κ3) is 3.30. The molecule has 1 saturated carbocycles. The number of nitrogens with one attached hydrogen (secondary N) is 1. The molecule has 5 nitrogen and oxygen atoms in total. The lowest BCUT2D eigenvalue weighted by atomic mass is 10.0. The summed E-state index contributed by atoms with van der Waals surface area (Å²) in [5, 5.41) is 3.36. The SMILES string of the molecule is CCNC1COCC1C(=O)N(Cc1ccc(C)o1)C1CC1. The van der Waals surface area contributed by atoms with Crippen LogP contribution in [0.2, 0.25) is 0 Å². The Morgan fingerprint density at radius 1 is 1.38 bits per heavy atom. The first-order valence-electron chi connectivity index (χ1n) is 7.86. The zero-order chi connectivity index (χ0) is 14.8. The number of rotatable bonds is 6. The summed E-state index contributed by atoms with van der Waals surface area (Å²) in [6, 6.07) is 4.43. The van der Waals surface area contributed by atoms with E-state index in [9.17, 15) is 4.79 Å². The van der Waals surface area contributed by atoms with Crippen molar-refractivity contribution in [2.24, 2.45) is 5.92 Å². The maximum atomic E-state index is 12.9. The van der Waals surface area contributed by atoms with Crippen LogP contribution in [0.3, 0.4) is 0 Å². The number of likely N-dealkylation sites (N-methyl/N-ethyl adjacent to an activating group) is 1. The summed E-state index contributed by atoms with van der Waals surface area (Å²) in [4.78, 5) is 14.9. The van der Waals surface area contributed by atoms with Gasteiger partial charge in [0.2, 0.25) is 5.91 Å². The van der Waals surface area contributed by atoms with Crippen molar-refractivity contribution in [3.8, 4) is 0 Å². The van der Waals surface area contributed by atoms with Gasteiger partial charge in [-0.15, -0.1) is 0 Å². The summed E-state index contributed by atoms with van der Waals surface area (Å²) in [5.74, 6) is 1.89. The van der Waals surface area contributed by atoms with Crippen LogP contribution in [-0.4, -0.2) is 42.6 Å². The maximum absolute atomic E-state index is 12.9. The minimum atomic E-state index is -0.0680. The molecule has 1 N–H and O–H groups in total. The van der Waals surface area contributed by atoms with Crippen molar-refractivity contribution in [1.82, 2.24) is 10.2 Å². The van der Waals surface area contributed by atoms with Gasteiger partial charge in [-0.3, -0.25) is 4.79 Å². The van der Waals surface area contributed by atoms with Crippen LogP contribution in [-0.2, 0) is 16.1 Å². The van der Waals surface area contributed by atoms with Crippen molar-refractivity contribution < 1.29 is 13.9 Å². The number of nitrogens with zero attached hydrogens (tertiary/aromatic N) is 1. The molecule has 1 aromatic heterocycles. The molecule has 0 aromatic carbocycles. The molecule has 1 aliphatic carbocycles. The van der Waals surface area contributed by atoms with E-state index < -0.39 is 0 Å². The van der Waals surface area contributed by atoms with Crippen molar-refractivity contribution in [2.45, 2.75) is 45.3 Å². The summed E-state index contributed by atoms with van der Waals surface area (Å²) in [6.07, 6.45) is 2.20. The fraction of sp³-hybridized carbons (Fsp3) is 0.688. The largest absolute Gasteiger partial charge is 0.464 e. The molecule has 2 heterocycles. The lowest BCUT2D eigenvalue weighted by Gasteiger charge is -2.27. The molecular weight excluding hydrogens is 268 g/mol. The fourth-order valence-corrected chi connectivity index (χ4v) is 2.99. The standard InChI is InChI=1S/C16H24N2O3/c1-3-17-15-10-20-9-14(15)16(19)18(12-5-6-12)8-13-7-4-11(2)21-13/h4,7,12,14-15,17H,3,5-6,8-10H2,1-2H3. The molecule has 1 amide bonds. The van der Waals surface area contributed by atoms with Crippen LogP contribution in [0.25, 0.3) is 0 Å². The molecular formula is C16H24N2O3. The van der Waals surface area contributed by atoms with Crippen LogP contribution in [0.1, 0.15) is 31.3 Å². The van der Waals surface area contributed by atoms with Crippen LogP contribution in [0.4, 0.5) is 0 Å². The quantitative estimate of drug-likeness (QED) is 0.867. The number of carbonyl (C=O) groups is 1. The van der Waals surface area contributed by atoms with Gasteiger partial charge in [-0.25, -0.2) is 0 Å². The topological polar surface area (TPSA) is 54.7 Å². The third-order valence-electron chi connectivity index (χ3n) is 4.26. The molecule has 21 heavy (non-hydrogen) atoms. The van der Waals surface area contributed by atoms with E-state index in [4.69, 9.17) is 9.15 Å². The van der Waals surface area contributed by atoms with Crippen molar-refractivity contribution in [1.29, 1.82) is 0 Å². The minimum Gasteiger partial charge on any atom is -0.464 e. The van der Waals surface area contributed by atoms with Gasteiger partial charge in [0.25, 0.3) is 0 Å². The molecule has 0 radical (unpaired) electrons. The van der Waals surface area contributed by atoms with Crippen LogP contribution in [0.15, 0.2) is 16.5 Å². The van der Waals surface area contributed by atoms with Gasteiger partial charge in [0, 0.05) is 12.1 Å². The summed E-state index contributed by atoms with van der Waals surface area (Å²) >= 11 is 0. The van der Waals surface area contributed by atoms with E-state index in [0.29, 0.717) is 25.8 Å². The number of aryl methyl sites for hydroxylation is 1. The molecule has 116 valence electrons. The van der Waals surface area contributed by atoms with E-state index in [1.165, 1.54) is 0 Å². The van der Waals surface area contributed by atoms with E-state index >= 15 is 0 Å². The summed E-state index contributed by atoms with van der Waals surface area (Å²) in [6.45, 7) is 6.58. The fourth-order valence-electron chi connectivity index (χ4n) is 2.99. The molecule has 1 aromatic rings. The first-order valence-corrected chi connectivity index (χ1v) is 7.86. The van der Waals surface area contributed by atoms with Crippen LogP contribution < -0.4 is 5.32 Å². The Morgan fingerprint density at radius 2 is 2.19 bits per heavy atom. The van der Waals surface area contributed by atoms with E-state index in [1.807, 2.05) is 24.0 Å². The molecule has 0 spiro atoms. The Balaban J connectivity index is 1.69. The van der Waals surface area contributed by atoms with Gasteiger partial charge in [0.15, 0.2) is 0 Å². The van der Waals surface area contributed by atoms with Crippen molar-refractivity contribution in [3.05, 3.63) is 23.7 Å². The first kappa shape index (κ1) is 14.6. The van der Waals surface area contributed by atoms with Gasteiger partial charge in [-0.1, -0.05) is 6.92 Å². The predicted molar refractivity (Wildman–Crippen MR) is 78.8 cm³/mol. The minimum absolute atomic E-state index is 0.0680. The molecule has 1 aliphatic heterocycles. The predicted octanol–water partition coefficient (Wildman–Crippen LogP) is 1.70. The molecule has 5 heteroatoms. The number of furan rings is 1. The highest BCUT2D eigenvalue weighted by Crippen LogP contribution is 2.31. The van der Waals surface area contributed by atoms with Gasteiger partial charge in [-0.05, 0) is 38.4 Å². The lowest BCUT2D eigenvalue weighted by Crippen LogP contribution is -2.46. The first-order chi connectivity index (χ1) is 10.2. The van der Waals surface area contributed by atoms with E-state index in [1.54, 1.807) is 0 Å². The van der Waals surface area contributed by atoms with Crippen molar-refractivity contribution in [3.63, 3.8) is 0 Å². The number of hydrogen-bond donors (Lipinski definition) is 1. The Labute approximate surface area is 125 Å². The van der Waals surface area contributed by atoms with Crippen molar-refractivity contribution in [2.75, 3.05) is 19.8 Å². The summed E-state index contributed by atoms with van der Waals surface area (Å²) in [5.41, 5.74) is 0.